The second kappa shape index (κ2) is 4.37. The summed E-state index contributed by atoms with van der Waals surface area (Å²) < 4.78 is 15.6. The molecule has 2 aromatic rings. The summed E-state index contributed by atoms with van der Waals surface area (Å²) in [7, 11) is 1.55. The maximum atomic E-state index is 11.2. The first-order chi connectivity index (χ1) is 7.72. The Labute approximate surface area is 92.8 Å². The van der Waals surface area contributed by atoms with E-state index >= 15 is 0 Å². The Bertz CT molecular complexity index is 513. The highest BCUT2D eigenvalue weighted by Gasteiger charge is 2.11. The van der Waals surface area contributed by atoms with Crippen molar-refractivity contribution >= 4 is 16.8 Å². The van der Waals surface area contributed by atoms with Gasteiger partial charge in [0.1, 0.15) is 11.3 Å². The van der Waals surface area contributed by atoms with Crippen molar-refractivity contribution in [3.63, 3.8) is 0 Å². The highest BCUT2D eigenvalue weighted by atomic mass is 16.7. The van der Waals surface area contributed by atoms with Gasteiger partial charge in [0, 0.05) is 14.0 Å². The summed E-state index contributed by atoms with van der Waals surface area (Å²) >= 11 is 0. The maximum absolute atomic E-state index is 11.2. The van der Waals surface area contributed by atoms with Gasteiger partial charge in [-0.05, 0) is 18.2 Å². The van der Waals surface area contributed by atoms with Crippen LogP contribution in [0, 0.1) is 0 Å². The molecule has 16 heavy (non-hydrogen) atoms. The number of Topliss-reactive ketones (excluding diaryl/α,β-unsaturated/α-hetero) is 1. The molecule has 0 fully saturated rings. The lowest BCUT2D eigenvalue weighted by Crippen LogP contribution is -1.98. The molecule has 2 rings (SSSR count). The van der Waals surface area contributed by atoms with Crippen molar-refractivity contribution in [3.05, 3.63) is 30.0 Å². The van der Waals surface area contributed by atoms with Gasteiger partial charge >= 0.3 is 0 Å². The van der Waals surface area contributed by atoms with Crippen molar-refractivity contribution in [2.45, 2.75) is 6.92 Å². The average molecular weight is 220 g/mol. The molecule has 0 aliphatic rings. The number of carbonyl (C=O) groups is 1. The van der Waals surface area contributed by atoms with E-state index in [4.69, 9.17) is 13.9 Å². The molecule has 0 atom stereocenters. The number of methoxy groups -OCH3 is 1. The Hall–Kier alpha value is -1.81. The smallest absolute Gasteiger partial charge is 0.194 e. The van der Waals surface area contributed by atoms with Crippen molar-refractivity contribution in [3.8, 4) is 5.75 Å². The van der Waals surface area contributed by atoms with Crippen LogP contribution in [0.25, 0.3) is 11.0 Å². The largest absolute Gasteiger partial charge is 0.467 e. The first-order valence-corrected chi connectivity index (χ1v) is 4.87. The summed E-state index contributed by atoms with van der Waals surface area (Å²) in [4.78, 5) is 11.2. The van der Waals surface area contributed by atoms with Gasteiger partial charge in [-0.3, -0.25) is 4.79 Å². The number of furan rings is 1. The van der Waals surface area contributed by atoms with E-state index in [1.807, 2.05) is 0 Å². The summed E-state index contributed by atoms with van der Waals surface area (Å²) in [6, 6.07) is 7.09. The molecule has 0 amide bonds. The molecular weight excluding hydrogens is 208 g/mol. The average Bonchev–Trinajstić information content (AvgIpc) is 2.70. The number of rotatable bonds is 4. The Kier molecular flexibility index (Phi) is 2.92. The lowest BCUT2D eigenvalue weighted by atomic mass is 10.2. The summed E-state index contributed by atoms with van der Waals surface area (Å²) in [5.41, 5.74) is 0.638. The zero-order valence-corrected chi connectivity index (χ0v) is 9.15. The van der Waals surface area contributed by atoms with Gasteiger partial charge in [-0.25, -0.2) is 0 Å². The van der Waals surface area contributed by atoms with Crippen molar-refractivity contribution < 1.29 is 18.7 Å². The number of hydrogen-bond donors (Lipinski definition) is 0. The highest BCUT2D eigenvalue weighted by molar-refractivity contribution is 5.97. The molecule has 4 nitrogen and oxygen atoms in total. The van der Waals surface area contributed by atoms with E-state index in [9.17, 15) is 4.79 Å². The predicted molar refractivity (Wildman–Crippen MR) is 58.7 cm³/mol. The van der Waals surface area contributed by atoms with E-state index in [0.29, 0.717) is 17.1 Å². The van der Waals surface area contributed by atoms with Gasteiger partial charge in [0.05, 0.1) is 5.39 Å². The van der Waals surface area contributed by atoms with Crippen LogP contribution in [-0.2, 0) is 4.74 Å². The van der Waals surface area contributed by atoms with Crippen LogP contribution in [0.15, 0.2) is 28.7 Å². The summed E-state index contributed by atoms with van der Waals surface area (Å²) in [5, 5.41) is 0.782. The van der Waals surface area contributed by atoms with E-state index in [0.717, 1.165) is 5.39 Å². The molecule has 0 unspecified atom stereocenters. The number of ether oxygens (including phenoxy) is 2. The van der Waals surface area contributed by atoms with E-state index in [-0.39, 0.29) is 12.6 Å². The molecule has 0 bridgehead atoms. The van der Waals surface area contributed by atoms with Crippen LogP contribution in [0.1, 0.15) is 17.5 Å². The van der Waals surface area contributed by atoms with Gasteiger partial charge < -0.3 is 13.9 Å². The van der Waals surface area contributed by atoms with Crippen LogP contribution in [-0.4, -0.2) is 19.7 Å². The van der Waals surface area contributed by atoms with Gasteiger partial charge in [0.15, 0.2) is 18.3 Å². The van der Waals surface area contributed by atoms with Crippen LogP contribution >= 0.6 is 0 Å². The number of fused-ring (bicyclic) bond motifs is 1. The molecule has 0 saturated heterocycles. The Morgan fingerprint density at radius 2 is 2.25 bits per heavy atom. The molecule has 4 heteroatoms. The molecule has 0 aliphatic heterocycles. The van der Waals surface area contributed by atoms with Crippen molar-refractivity contribution in [2.24, 2.45) is 0 Å². The van der Waals surface area contributed by atoms with Crippen LogP contribution in [0.3, 0.4) is 0 Å². The van der Waals surface area contributed by atoms with Crippen molar-refractivity contribution in [1.82, 2.24) is 0 Å². The first kappa shape index (κ1) is 10.7. The third kappa shape index (κ3) is 1.92. The second-order valence-electron chi connectivity index (χ2n) is 3.39. The molecule has 1 aromatic heterocycles. The van der Waals surface area contributed by atoms with Crippen molar-refractivity contribution in [1.29, 1.82) is 0 Å². The topological polar surface area (TPSA) is 48.7 Å². The van der Waals surface area contributed by atoms with Gasteiger partial charge in [-0.15, -0.1) is 0 Å². The lowest BCUT2D eigenvalue weighted by Gasteiger charge is -2.04. The van der Waals surface area contributed by atoms with Gasteiger partial charge in [-0.2, -0.15) is 0 Å². The lowest BCUT2D eigenvalue weighted by molar-refractivity contribution is 0.0522. The number of hydrogen-bond acceptors (Lipinski definition) is 4. The van der Waals surface area contributed by atoms with Crippen LogP contribution in [0.2, 0.25) is 0 Å². The van der Waals surface area contributed by atoms with Crippen LogP contribution in [0.5, 0.6) is 5.75 Å². The molecule has 0 N–H and O–H groups in total. The fraction of sp³-hybridized carbons (Fsp3) is 0.250. The Morgan fingerprint density at radius 1 is 1.44 bits per heavy atom. The van der Waals surface area contributed by atoms with E-state index < -0.39 is 0 Å². The molecular formula is C12H12O4. The minimum Gasteiger partial charge on any atom is -0.467 e. The minimum atomic E-state index is -0.103. The zero-order valence-electron chi connectivity index (χ0n) is 9.15. The third-order valence-electron chi connectivity index (χ3n) is 2.20. The Morgan fingerprint density at radius 3 is 2.94 bits per heavy atom. The minimum absolute atomic E-state index is 0.103. The van der Waals surface area contributed by atoms with E-state index in [2.05, 4.69) is 0 Å². The fourth-order valence-corrected chi connectivity index (χ4v) is 1.46. The Balaban J connectivity index is 2.45. The summed E-state index contributed by atoms with van der Waals surface area (Å²) in [6.45, 7) is 1.63. The van der Waals surface area contributed by atoms with E-state index in [1.54, 1.807) is 31.4 Å². The number of carbonyl (C=O) groups excluding carboxylic acids is 1. The SMILES string of the molecule is COCOc1cccc2oc(C(C)=O)cc12. The van der Waals surface area contributed by atoms with Crippen LogP contribution < -0.4 is 4.74 Å². The molecule has 0 spiro atoms. The summed E-state index contributed by atoms with van der Waals surface area (Å²) in [5.74, 6) is 0.882. The number of benzene rings is 1. The highest BCUT2D eigenvalue weighted by Crippen LogP contribution is 2.28. The predicted octanol–water partition coefficient (Wildman–Crippen LogP) is 2.62. The zero-order chi connectivity index (χ0) is 11.5. The molecule has 84 valence electrons. The maximum Gasteiger partial charge on any atom is 0.194 e. The first-order valence-electron chi connectivity index (χ1n) is 4.87. The second-order valence-corrected chi connectivity index (χ2v) is 3.39. The standard InChI is InChI=1S/C12H12O4/c1-8(13)12-6-9-10(15-7-14-2)4-3-5-11(9)16-12/h3-6H,7H2,1-2H3. The monoisotopic (exact) mass is 220 g/mol. The van der Waals surface area contributed by atoms with Crippen molar-refractivity contribution in [2.75, 3.05) is 13.9 Å². The quantitative estimate of drug-likeness (QED) is 0.587. The number of ketones is 1. The third-order valence-corrected chi connectivity index (χ3v) is 2.20. The van der Waals surface area contributed by atoms with Gasteiger partial charge in [0.2, 0.25) is 0 Å². The fourth-order valence-electron chi connectivity index (χ4n) is 1.46. The molecule has 0 radical (unpaired) electrons. The van der Waals surface area contributed by atoms with Crippen LogP contribution in [0.4, 0.5) is 0 Å². The summed E-state index contributed by atoms with van der Waals surface area (Å²) in [6.07, 6.45) is 0. The molecule has 0 aliphatic carbocycles. The molecule has 1 heterocycles. The molecule has 1 aromatic carbocycles. The normalized spacial score (nSPS) is 10.6. The van der Waals surface area contributed by atoms with Gasteiger partial charge in [-0.1, -0.05) is 6.07 Å². The molecule has 0 saturated carbocycles. The van der Waals surface area contributed by atoms with E-state index in [1.165, 1.54) is 6.92 Å². The van der Waals surface area contributed by atoms with Gasteiger partial charge in [0.25, 0.3) is 0 Å².